The Balaban J connectivity index is 0.00000200. The van der Waals surface area contributed by atoms with Crippen molar-refractivity contribution in [1.82, 2.24) is 19.5 Å². The number of nitrogens with two attached hydrogens (primary N) is 1. The van der Waals surface area contributed by atoms with Crippen LogP contribution in [0.4, 0.5) is 5.82 Å². The zero-order chi connectivity index (χ0) is 14.0. The van der Waals surface area contributed by atoms with E-state index in [9.17, 15) is 4.57 Å². The number of hydrogen-bond donors (Lipinski definition) is 3. The van der Waals surface area contributed by atoms with E-state index in [4.69, 9.17) is 20.3 Å². The van der Waals surface area contributed by atoms with Crippen LogP contribution in [0.15, 0.2) is 12.7 Å². The van der Waals surface area contributed by atoms with Gasteiger partial charge in [-0.3, -0.25) is 4.57 Å². The normalized spacial score (nSPS) is 13.2. The first kappa shape index (κ1) is 17.0. The predicted molar refractivity (Wildman–Crippen MR) is 77.5 cm³/mol. The maximum absolute atomic E-state index is 10.7. The van der Waals surface area contributed by atoms with Gasteiger partial charge in [-0.15, -0.1) is 17.0 Å². The monoisotopic (exact) mass is 367 g/mol. The fourth-order valence-corrected chi connectivity index (χ4v) is 2.04. The SMILES string of the molecule is Br.C[C@H](Cn1cnc2c(N)ncnc21)OCP(=O)(O)O. The number of anilines is 1. The quantitative estimate of drug-likeness (QED) is 0.650. The van der Waals surface area contributed by atoms with Crippen molar-refractivity contribution >= 4 is 41.6 Å². The first-order chi connectivity index (χ1) is 8.87. The second kappa shape index (κ2) is 6.59. The van der Waals surface area contributed by atoms with E-state index in [0.717, 1.165) is 0 Å². The molecule has 0 radical (unpaired) electrons. The third kappa shape index (κ3) is 4.22. The molecule has 2 aromatic rings. The largest absolute Gasteiger partial charge is 0.382 e. The van der Waals surface area contributed by atoms with Gasteiger partial charge in [0.25, 0.3) is 0 Å². The van der Waals surface area contributed by atoms with Crippen LogP contribution in [0, 0.1) is 0 Å². The third-order valence-electron chi connectivity index (χ3n) is 2.41. The summed E-state index contributed by atoms with van der Waals surface area (Å²) in [5.41, 5.74) is 6.70. The molecule has 0 unspecified atom stereocenters. The molecule has 0 aliphatic carbocycles. The highest BCUT2D eigenvalue weighted by atomic mass is 79.9. The molecule has 0 aliphatic rings. The van der Waals surface area contributed by atoms with Crippen LogP contribution in [0.1, 0.15) is 6.92 Å². The molecule has 0 bridgehead atoms. The lowest BCUT2D eigenvalue weighted by Gasteiger charge is -2.14. The highest BCUT2D eigenvalue weighted by Crippen LogP contribution is 2.34. The molecule has 0 saturated carbocycles. The minimum absolute atomic E-state index is 0. The van der Waals surface area contributed by atoms with Crippen molar-refractivity contribution in [3.8, 4) is 0 Å². The summed E-state index contributed by atoms with van der Waals surface area (Å²) in [5.74, 6) is 0.285. The van der Waals surface area contributed by atoms with Crippen molar-refractivity contribution in [2.75, 3.05) is 12.1 Å². The standard InChI is InChI=1S/C9H14N5O4P.BrH/c1-6(18-5-19(15,16)17)2-14-4-13-7-8(10)11-3-12-9(7)14;/h3-4,6H,2,5H2,1H3,(H2,10,11,12)(H2,15,16,17);1H/t6-;/m1./s1. The van der Waals surface area contributed by atoms with E-state index in [1.165, 1.54) is 12.7 Å². The molecule has 0 aromatic carbocycles. The summed E-state index contributed by atoms with van der Waals surface area (Å²) in [6, 6.07) is 0. The summed E-state index contributed by atoms with van der Waals surface area (Å²) in [7, 11) is -4.16. The van der Waals surface area contributed by atoms with Crippen LogP contribution >= 0.6 is 24.6 Å². The first-order valence-corrected chi connectivity index (χ1v) is 7.24. The van der Waals surface area contributed by atoms with Crippen LogP contribution in [-0.2, 0) is 15.8 Å². The lowest BCUT2D eigenvalue weighted by atomic mass is 10.4. The van der Waals surface area contributed by atoms with Crippen molar-refractivity contribution < 1.29 is 19.1 Å². The Labute approximate surface area is 125 Å². The molecule has 2 rings (SSSR count). The molecule has 112 valence electrons. The van der Waals surface area contributed by atoms with Gasteiger partial charge in [-0.05, 0) is 6.92 Å². The van der Waals surface area contributed by atoms with Gasteiger partial charge in [-0.2, -0.15) is 0 Å². The summed E-state index contributed by atoms with van der Waals surface area (Å²) in [4.78, 5) is 29.4. The van der Waals surface area contributed by atoms with Gasteiger partial charge < -0.3 is 24.8 Å². The summed E-state index contributed by atoms with van der Waals surface area (Å²) >= 11 is 0. The maximum Gasteiger partial charge on any atom is 0.350 e. The van der Waals surface area contributed by atoms with E-state index in [0.29, 0.717) is 17.7 Å². The molecule has 0 amide bonds. The van der Waals surface area contributed by atoms with E-state index < -0.39 is 20.0 Å². The number of aromatic nitrogens is 4. The molecule has 0 spiro atoms. The van der Waals surface area contributed by atoms with Gasteiger partial charge in [0.15, 0.2) is 11.5 Å². The Bertz CT molecular complexity index is 630. The Kier molecular flexibility index (Phi) is 5.60. The van der Waals surface area contributed by atoms with E-state index in [2.05, 4.69) is 15.0 Å². The maximum atomic E-state index is 10.7. The summed E-state index contributed by atoms with van der Waals surface area (Å²) in [6.45, 7) is 2.05. The zero-order valence-corrected chi connectivity index (χ0v) is 13.2. The highest BCUT2D eigenvalue weighted by Gasteiger charge is 2.16. The van der Waals surface area contributed by atoms with Crippen molar-refractivity contribution in [1.29, 1.82) is 0 Å². The number of fused-ring (bicyclic) bond motifs is 1. The number of nitrogen functional groups attached to an aromatic ring is 1. The molecule has 2 heterocycles. The van der Waals surface area contributed by atoms with Crippen molar-refractivity contribution in [3.05, 3.63) is 12.7 Å². The number of imidazole rings is 1. The summed E-state index contributed by atoms with van der Waals surface area (Å²) < 4.78 is 17.5. The molecule has 9 nitrogen and oxygen atoms in total. The van der Waals surface area contributed by atoms with E-state index >= 15 is 0 Å². The van der Waals surface area contributed by atoms with Crippen LogP contribution in [0.25, 0.3) is 11.2 Å². The fourth-order valence-electron chi connectivity index (χ4n) is 1.59. The second-order valence-electron chi connectivity index (χ2n) is 4.10. The van der Waals surface area contributed by atoms with E-state index in [1.807, 2.05) is 0 Å². The van der Waals surface area contributed by atoms with Crippen LogP contribution in [0.3, 0.4) is 0 Å². The Hall–Kier alpha value is -1.06. The van der Waals surface area contributed by atoms with Gasteiger partial charge in [-0.25, -0.2) is 15.0 Å². The minimum Gasteiger partial charge on any atom is -0.382 e. The van der Waals surface area contributed by atoms with E-state index in [1.54, 1.807) is 11.5 Å². The summed E-state index contributed by atoms with van der Waals surface area (Å²) in [6.07, 6.45) is 1.85. The number of hydrogen-bond acceptors (Lipinski definition) is 6. The molecule has 1 atom stereocenters. The van der Waals surface area contributed by atoms with Crippen LogP contribution < -0.4 is 5.73 Å². The van der Waals surface area contributed by atoms with Gasteiger partial charge in [0, 0.05) is 0 Å². The molecule has 20 heavy (non-hydrogen) atoms. The Morgan fingerprint density at radius 1 is 1.45 bits per heavy atom. The topological polar surface area (TPSA) is 136 Å². The number of ether oxygens (including phenoxy) is 1. The Morgan fingerprint density at radius 3 is 2.80 bits per heavy atom. The third-order valence-corrected chi connectivity index (χ3v) is 2.90. The van der Waals surface area contributed by atoms with Gasteiger partial charge in [-0.1, -0.05) is 0 Å². The average molecular weight is 368 g/mol. The van der Waals surface area contributed by atoms with Crippen molar-refractivity contribution in [3.63, 3.8) is 0 Å². The number of nitrogens with zero attached hydrogens (tertiary/aromatic N) is 4. The van der Waals surface area contributed by atoms with Crippen LogP contribution in [-0.4, -0.2) is 41.8 Å². The molecule has 4 N–H and O–H groups in total. The second-order valence-corrected chi connectivity index (χ2v) is 5.69. The molecular formula is C9H15BrN5O4P. The van der Waals surface area contributed by atoms with E-state index in [-0.39, 0.29) is 22.8 Å². The van der Waals surface area contributed by atoms with Crippen molar-refractivity contribution in [2.45, 2.75) is 19.6 Å². The first-order valence-electron chi connectivity index (χ1n) is 5.44. The molecule has 0 aliphatic heterocycles. The minimum atomic E-state index is -4.16. The Morgan fingerprint density at radius 2 is 2.15 bits per heavy atom. The molecular weight excluding hydrogens is 353 g/mol. The lowest BCUT2D eigenvalue weighted by Crippen LogP contribution is -2.17. The lowest BCUT2D eigenvalue weighted by molar-refractivity contribution is 0.0764. The van der Waals surface area contributed by atoms with Crippen LogP contribution in [0.5, 0.6) is 0 Å². The molecule has 11 heteroatoms. The zero-order valence-electron chi connectivity index (χ0n) is 10.6. The van der Waals surface area contributed by atoms with Gasteiger partial charge in [0.05, 0.1) is 19.0 Å². The fraction of sp³-hybridized carbons (Fsp3) is 0.444. The highest BCUT2D eigenvalue weighted by molar-refractivity contribution is 8.93. The number of rotatable bonds is 5. The summed E-state index contributed by atoms with van der Waals surface area (Å²) in [5, 5.41) is 0. The molecule has 0 fully saturated rings. The van der Waals surface area contributed by atoms with Crippen molar-refractivity contribution in [2.24, 2.45) is 0 Å². The predicted octanol–water partition coefficient (Wildman–Crippen LogP) is 0.527. The van der Waals surface area contributed by atoms with Gasteiger partial charge in [0.2, 0.25) is 0 Å². The van der Waals surface area contributed by atoms with Gasteiger partial charge >= 0.3 is 7.60 Å². The smallest absolute Gasteiger partial charge is 0.350 e. The number of halogens is 1. The average Bonchev–Trinajstić information content (AvgIpc) is 2.71. The molecule has 2 aromatic heterocycles. The van der Waals surface area contributed by atoms with Crippen LogP contribution in [0.2, 0.25) is 0 Å². The molecule has 0 saturated heterocycles. The van der Waals surface area contributed by atoms with Gasteiger partial charge in [0.1, 0.15) is 18.2 Å².